The molecule has 1 aliphatic rings. The van der Waals surface area contributed by atoms with Crippen LogP contribution in [0.15, 0.2) is 24.3 Å². The molecular formula is C18H26FNO2. The van der Waals surface area contributed by atoms with Crippen molar-refractivity contribution in [1.82, 2.24) is 5.32 Å². The summed E-state index contributed by atoms with van der Waals surface area (Å²) in [5, 5.41) is 12.6. The minimum absolute atomic E-state index is 0.0379. The molecule has 122 valence electrons. The standard InChI is InChI=1S/C18H26FNO2/c1-3-17(4-2,13-21)12-20-16(22)18(9-6-10-18)14-7-5-8-15(19)11-14/h5,7-8,11,21H,3-4,6,9-10,12-13H2,1-2H3,(H,20,22). The SMILES string of the molecule is CCC(CC)(CO)CNC(=O)C1(c2cccc(F)c2)CCC1. The van der Waals surface area contributed by atoms with E-state index in [4.69, 9.17) is 0 Å². The highest BCUT2D eigenvalue weighted by Gasteiger charge is 2.46. The second-order valence-electron chi connectivity index (χ2n) is 6.49. The van der Waals surface area contributed by atoms with Crippen LogP contribution in [0.1, 0.15) is 51.5 Å². The van der Waals surface area contributed by atoms with Crippen molar-refractivity contribution in [2.75, 3.05) is 13.2 Å². The third-order valence-corrected chi connectivity index (χ3v) is 5.48. The first-order chi connectivity index (χ1) is 10.5. The maximum absolute atomic E-state index is 13.5. The summed E-state index contributed by atoms with van der Waals surface area (Å²) in [4.78, 5) is 12.7. The van der Waals surface area contributed by atoms with E-state index in [1.165, 1.54) is 12.1 Å². The van der Waals surface area contributed by atoms with Gasteiger partial charge in [0.05, 0.1) is 12.0 Å². The number of halogens is 1. The first-order valence-corrected chi connectivity index (χ1v) is 8.17. The number of rotatable bonds is 7. The Morgan fingerprint density at radius 3 is 2.50 bits per heavy atom. The number of hydrogen-bond donors (Lipinski definition) is 2. The van der Waals surface area contributed by atoms with Gasteiger partial charge in [0, 0.05) is 12.0 Å². The molecule has 0 unspecified atom stereocenters. The zero-order valence-corrected chi connectivity index (χ0v) is 13.5. The average Bonchev–Trinajstić information content (AvgIpc) is 2.48. The van der Waals surface area contributed by atoms with Gasteiger partial charge in [-0.25, -0.2) is 4.39 Å². The first kappa shape index (κ1) is 16.9. The van der Waals surface area contributed by atoms with Crippen molar-refractivity contribution in [1.29, 1.82) is 0 Å². The van der Waals surface area contributed by atoms with Crippen molar-refractivity contribution in [2.45, 2.75) is 51.4 Å². The number of amides is 1. The van der Waals surface area contributed by atoms with Crippen LogP contribution in [-0.2, 0) is 10.2 Å². The van der Waals surface area contributed by atoms with E-state index in [1.807, 2.05) is 19.9 Å². The fraction of sp³-hybridized carbons (Fsp3) is 0.611. The second-order valence-corrected chi connectivity index (χ2v) is 6.49. The van der Waals surface area contributed by atoms with E-state index in [-0.39, 0.29) is 23.7 Å². The fourth-order valence-corrected chi connectivity index (χ4v) is 3.18. The fourth-order valence-electron chi connectivity index (χ4n) is 3.18. The van der Waals surface area contributed by atoms with Crippen LogP contribution in [0, 0.1) is 11.2 Å². The summed E-state index contributed by atoms with van der Waals surface area (Å²) in [6.45, 7) is 4.58. The monoisotopic (exact) mass is 307 g/mol. The Morgan fingerprint density at radius 1 is 1.36 bits per heavy atom. The Hall–Kier alpha value is -1.42. The molecule has 0 bridgehead atoms. The Bertz CT molecular complexity index is 513. The van der Waals surface area contributed by atoms with E-state index < -0.39 is 5.41 Å². The molecule has 0 radical (unpaired) electrons. The van der Waals surface area contributed by atoms with E-state index in [0.29, 0.717) is 6.54 Å². The molecule has 1 amide bonds. The molecule has 0 spiro atoms. The third-order valence-electron chi connectivity index (χ3n) is 5.48. The zero-order chi connectivity index (χ0) is 16.2. The predicted molar refractivity (Wildman–Crippen MR) is 85.0 cm³/mol. The molecule has 1 saturated carbocycles. The molecule has 2 N–H and O–H groups in total. The van der Waals surface area contributed by atoms with Crippen LogP contribution in [0.5, 0.6) is 0 Å². The van der Waals surface area contributed by atoms with Gasteiger partial charge in [0.2, 0.25) is 5.91 Å². The van der Waals surface area contributed by atoms with Gasteiger partial charge in [-0.3, -0.25) is 4.79 Å². The van der Waals surface area contributed by atoms with E-state index >= 15 is 0 Å². The Labute approximate surface area is 131 Å². The maximum Gasteiger partial charge on any atom is 0.230 e. The molecule has 3 nitrogen and oxygen atoms in total. The van der Waals surface area contributed by atoms with E-state index in [0.717, 1.165) is 37.7 Å². The molecular weight excluding hydrogens is 281 g/mol. The van der Waals surface area contributed by atoms with E-state index in [1.54, 1.807) is 6.07 Å². The van der Waals surface area contributed by atoms with Crippen LogP contribution >= 0.6 is 0 Å². The van der Waals surface area contributed by atoms with Crippen LogP contribution in [-0.4, -0.2) is 24.2 Å². The molecule has 0 heterocycles. The number of nitrogens with one attached hydrogen (secondary N) is 1. The highest BCUT2D eigenvalue weighted by Crippen LogP contribution is 2.44. The van der Waals surface area contributed by atoms with Crippen molar-refractivity contribution in [3.8, 4) is 0 Å². The molecule has 1 aromatic rings. The van der Waals surface area contributed by atoms with Crippen molar-refractivity contribution in [3.05, 3.63) is 35.6 Å². The largest absolute Gasteiger partial charge is 0.396 e. The number of aliphatic hydroxyl groups excluding tert-OH is 1. The topological polar surface area (TPSA) is 49.3 Å². The summed E-state index contributed by atoms with van der Waals surface area (Å²) in [5.41, 5.74) is -0.0910. The Balaban J connectivity index is 2.13. The number of carbonyl (C=O) groups excluding carboxylic acids is 1. The lowest BCUT2D eigenvalue weighted by Crippen LogP contribution is -2.52. The lowest BCUT2D eigenvalue weighted by molar-refractivity contribution is -0.130. The molecule has 4 heteroatoms. The summed E-state index contributed by atoms with van der Waals surface area (Å²) in [7, 11) is 0. The summed E-state index contributed by atoms with van der Waals surface area (Å²) in [5.74, 6) is -0.340. The molecule has 0 aliphatic heterocycles. The predicted octanol–water partition coefficient (Wildman–Crippen LogP) is 3.16. The quantitative estimate of drug-likeness (QED) is 0.813. The second kappa shape index (κ2) is 6.78. The lowest BCUT2D eigenvalue weighted by atomic mass is 9.63. The Kier molecular flexibility index (Phi) is 5.22. The highest BCUT2D eigenvalue weighted by molar-refractivity contribution is 5.89. The summed E-state index contributed by atoms with van der Waals surface area (Å²) in [6.07, 6.45) is 4.12. The lowest BCUT2D eigenvalue weighted by Gasteiger charge is -2.42. The number of aliphatic hydroxyl groups is 1. The van der Waals surface area contributed by atoms with Gasteiger partial charge in [-0.1, -0.05) is 32.4 Å². The third kappa shape index (κ3) is 3.02. The average molecular weight is 307 g/mol. The van der Waals surface area contributed by atoms with Crippen LogP contribution < -0.4 is 5.32 Å². The van der Waals surface area contributed by atoms with Crippen molar-refractivity contribution in [3.63, 3.8) is 0 Å². The van der Waals surface area contributed by atoms with E-state index in [9.17, 15) is 14.3 Å². The van der Waals surface area contributed by atoms with Gasteiger partial charge in [-0.05, 0) is 43.4 Å². The van der Waals surface area contributed by atoms with E-state index in [2.05, 4.69) is 5.32 Å². The molecule has 22 heavy (non-hydrogen) atoms. The number of carbonyl (C=O) groups is 1. The van der Waals surface area contributed by atoms with Gasteiger partial charge >= 0.3 is 0 Å². The van der Waals surface area contributed by atoms with Gasteiger partial charge in [0.15, 0.2) is 0 Å². The summed E-state index contributed by atoms with van der Waals surface area (Å²) in [6, 6.07) is 6.37. The summed E-state index contributed by atoms with van der Waals surface area (Å²) >= 11 is 0. The van der Waals surface area contributed by atoms with Gasteiger partial charge in [0.25, 0.3) is 0 Å². The summed E-state index contributed by atoms with van der Waals surface area (Å²) < 4.78 is 13.5. The van der Waals surface area contributed by atoms with Gasteiger partial charge in [0.1, 0.15) is 5.82 Å². The van der Waals surface area contributed by atoms with Crippen molar-refractivity contribution in [2.24, 2.45) is 5.41 Å². The minimum Gasteiger partial charge on any atom is -0.396 e. The Morgan fingerprint density at radius 2 is 2.05 bits per heavy atom. The molecule has 0 aromatic heterocycles. The molecule has 1 aromatic carbocycles. The molecule has 0 saturated heterocycles. The molecule has 1 aliphatic carbocycles. The van der Waals surface area contributed by atoms with Crippen molar-refractivity contribution < 1.29 is 14.3 Å². The maximum atomic E-state index is 13.5. The van der Waals surface area contributed by atoms with Gasteiger partial charge in [-0.15, -0.1) is 0 Å². The first-order valence-electron chi connectivity index (χ1n) is 8.17. The van der Waals surface area contributed by atoms with Crippen LogP contribution in [0.2, 0.25) is 0 Å². The number of benzene rings is 1. The van der Waals surface area contributed by atoms with Crippen LogP contribution in [0.3, 0.4) is 0 Å². The molecule has 2 rings (SSSR count). The molecule has 1 fully saturated rings. The van der Waals surface area contributed by atoms with Gasteiger partial charge < -0.3 is 10.4 Å². The van der Waals surface area contributed by atoms with Crippen LogP contribution in [0.25, 0.3) is 0 Å². The smallest absolute Gasteiger partial charge is 0.230 e. The zero-order valence-electron chi connectivity index (χ0n) is 13.5. The number of hydrogen-bond acceptors (Lipinski definition) is 2. The normalized spacial score (nSPS) is 16.9. The van der Waals surface area contributed by atoms with Crippen molar-refractivity contribution >= 4 is 5.91 Å². The van der Waals surface area contributed by atoms with Crippen LogP contribution in [0.4, 0.5) is 4.39 Å². The van der Waals surface area contributed by atoms with Gasteiger partial charge in [-0.2, -0.15) is 0 Å². The minimum atomic E-state index is -0.592. The molecule has 0 atom stereocenters. The highest BCUT2D eigenvalue weighted by atomic mass is 19.1.